The van der Waals surface area contributed by atoms with Crippen molar-refractivity contribution in [3.8, 4) is 17.2 Å². The van der Waals surface area contributed by atoms with E-state index in [4.69, 9.17) is 14.2 Å². The predicted octanol–water partition coefficient (Wildman–Crippen LogP) is 4.28. The monoisotopic (exact) mass is 450 g/mol. The number of carbonyl (C=O) groups excluding carboxylic acids is 2. The molecule has 3 aromatic carbocycles. The Bertz CT molecular complexity index is 1130. The molecule has 4 rings (SSSR count). The average Bonchev–Trinajstić information content (AvgIpc) is 2.83. The summed E-state index contributed by atoms with van der Waals surface area (Å²) in [5, 5.41) is 2.77. The van der Waals surface area contributed by atoms with Crippen LogP contribution in [-0.4, -0.2) is 38.7 Å². The van der Waals surface area contributed by atoms with Crippen molar-refractivity contribution in [2.45, 2.75) is 6.42 Å². The van der Waals surface area contributed by atoms with E-state index in [0.29, 0.717) is 42.3 Å². The number of amides is 2. The Hall–Kier alpha value is -4.07. The highest BCUT2D eigenvalue weighted by molar-refractivity contribution is 6.05. The number of nitrogens with one attached hydrogen (secondary N) is 1. The van der Waals surface area contributed by atoms with E-state index < -0.39 is 5.82 Å². The summed E-state index contributed by atoms with van der Waals surface area (Å²) in [7, 11) is 1.60. The minimum atomic E-state index is -0.414. The molecule has 0 saturated heterocycles. The van der Waals surface area contributed by atoms with Crippen LogP contribution in [0.15, 0.2) is 66.7 Å². The molecule has 1 aliphatic heterocycles. The molecule has 1 heterocycles. The quantitative estimate of drug-likeness (QED) is 0.519. The predicted molar refractivity (Wildman–Crippen MR) is 122 cm³/mol. The lowest BCUT2D eigenvalue weighted by atomic mass is 10.1. The number of hydrogen-bond acceptors (Lipinski definition) is 5. The summed E-state index contributed by atoms with van der Waals surface area (Å²) >= 11 is 0. The van der Waals surface area contributed by atoms with Crippen LogP contribution in [0.2, 0.25) is 0 Å². The van der Waals surface area contributed by atoms with Crippen LogP contribution in [0.25, 0.3) is 0 Å². The molecule has 0 aromatic heterocycles. The van der Waals surface area contributed by atoms with Gasteiger partial charge in [0.05, 0.1) is 19.4 Å². The second-order valence-electron chi connectivity index (χ2n) is 7.36. The maximum absolute atomic E-state index is 13.1. The highest BCUT2D eigenvalue weighted by Crippen LogP contribution is 2.35. The Labute approximate surface area is 190 Å². The number of hydrogen-bond donors (Lipinski definition) is 1. The number of methoxy groups -OCH3 is 1. The first-order chi connectivity index (χ1) is 16.0. The smallest absolute Gasteiger partial charge is 0.265 e. The van der Waals surface area contributed by atoms with Gasteiger partial charge in [-0.1, -0.05) is 0 Å². The lowest BCUT2D eigenvalue weighted by Gasteiger charge is -2.30. The van der Waals surface area contributed by atoms with Crippen molar-refractivity contribution in [1.82, 2.24) is 0 Å². The molecule has 0 atom stereocenters. The van der Waals surface area contributed by atoms with Gasteiger partial charge in [-0.25, -0.2) is 4.39 Å². The summed E-state index contributed by atoms with van der Waals surface area (Å²) in [6.07, 6.45) is 0.601. The van der Waals surface area contributed by atoms with Gasteiger partial charge in [-0.05, 0) is 73.2 Å². The lowest BCUT2D eigenvalue weighted by molar-refractivity contribution is -0.121. The van der Waals surface area contributed by atoms with Crippen LogP contribution in [0.3, 0.4) is 0 Å². The minimum Gasteiger partial charge on any atom is -0.497 e. The van der Waals surface area contributed by atoms with Crippen LogP contribution in [0.5, 0.6) is 17.2 Å². The molecule has 0 fully saturated rings. The number of fused-ring (bicyclic) bond motifs is 1. The van der Waals surface area contributed by atoms with Gasteiger partial charge in [-0.15, -0.1) is 0 Å². The molecular formula is C25H23FN2O5. The number of carbonyl (C=O) groups is 2. The van der Waals surface area contributed by atoms with Gasteiger partial charge < -0.3 is 24.4 Å². The summed E-state index contributed by atoms with van der Waals surface area (Å²) in [5.74, 6) is 1.06. The maximum atomic E-state index is 13.1. The van der Waals surface area contributed by atoms with E-state index in [1.807, 2.05) is 24.3 Å². The van der Waals surface area contributed by atoms with Gasteiger partial charge in [0.25, 0.3) is 11.8 Å². The van der Waals surface area contributed by atoms with Crippen molar-refractivity contribution in [2.24, 2.45) is 0 Å². The Balaban J connectivity index is 1.39. The third-order valence-corrected chi connectivity index (χ3v) is 5.12. The lowest BCUT2D eigenvalue weighted by Crippen LogP contribution is -2.39. The summed E-state index contributed by atoms with van der Waals surface area (Å²) in [6.45, 7) is 0.807. The van der Waals surface area contributed by atoms with E-state index in [9.17, 15) is 14.0 Å². The van der Waals surface area contributed by atoms with Gasteiger partial charge >= 0.3 is 0 Å². The fourth-order valence-electron chi connectivity index (χ4n) is 3.41. The SMILES string of the molecule is COc1ccc(OCCCN2C(=O)COc3ccc(NC(=O)c4ccc(F)cc4)cc32)cc1. The number of ether oxygens (including phenoxy) is 3. The number of halogens is 1. The third kappa shape index (κ3) is 5.41. The molecule has 1 aliphatic rings. The van der Waals surface area contributed by atoms with Gasteiger partial charge in [0.2, 0.25) is 0 Å². The van der Waals surface area contributed by atoms with Gasteiger partial charge in [0, 0.05) is 17.8 Å². The van der Waals surface area contributed by atoms with Crippen molar-refractivity contribution in [3.05, 3.63) is 78.1 Å². The molecule has 0 saturated carbocycles. The van der Waals surface area contributed by atoms with Crippen molar-refractivity contribution < 1.29 is 28.2 Å². The Morgan fingerprint density at radius 1 is 1.06 bits per heavy atom. The largest absolute Gasteiger partial charge is 0.497 e. The van der Waals surface area contributed by atoms with Crippen LogP contribution in [0, 0.1) is 5.82 Å². The molecule has 0 unspecified atom stereocenters. The Morgan fingerprint density at radius 3 is 2.52 bits per heavy atom. The highest BCUT2D eigenvalue weighted by Gasteiger charge is 2.25. The average molecular weight is 450 g/mol. The molecule has 8 heteroatoms. The first kappa shape index (κ1) is 22.1. The summed E-state index contributed by atoms with van der Waals surface area (Å²) in [5.41, 5.74) is 1.41. The zero-order valence-electron chi connectivity index (χ0n) is 18.0. The van der Waals surface area contributed by atoms with E-state index in [1.54, 1.807) is 30.2 Å². The molecular weight excluding hydrogens is 427 g/mol. The van der Waals surface area contributed by atoms with Crippen LogP contribution in [-0.2, 0) is 4.79 Å². The van der Waals surface area contributed by atoms with E-state index in [0.717, 1.165) is 11.5 Å². The van der Waals surface area contributed by atoms with Crippen LogP contribution >= 0.6 is 0 Å². The van der Waals surface area contributed by atoms with E-state index in [1.165, 1.54) is 24.3 Å². The molecule has 0 radical (unpaired) electrons. The summed E-state index contributed by atoms with van der Waals surface area (Å²) in [4.78, 5) is 26.6. The number of anilines is 2. The second-order valence-corrected chi connectivity index (χ2v) is 7.36. The van der Waals surface area contributed by atoms with E-state index in [2.05, 4.69) is 5.32 Å². The zero-order chi connectivity index (χ0) is 23.2. The Morgan fingerprint density at radius 2 is 1.79 bits per heavy atom. The van der Waals surface area contributed by atoms with Crippen molar-refractivity contribution in [2.75, 3.05) is 37.1 Å². The third-order valence-electron chi connectivity index (χ3n) is 5.12. The van der Waals surface area contributed by atoms with Crippen molar-refractivity contribution >= 4 is 23.2 Å². The summed E-state index contributed by atoms with van der Waals surface area (Å²) in [6, 6.07) is 17.7. The van der Waals surface area contributed by atoms with Gasteiger partial charge in [0.15, 0.2) is 6.61 Å². The molecule has 0 bridgehead atoms. The first-order valence-electron chi connectivity index (χ1n) is 10.4. The Kier molecular flexibility index (Phi) is 6.73. The molecule has 0 aliphatic carbocycles. The first-order valence-corrected chi connectivity index (χ1v) is 10.4. The van der Waals surface area contributed by atoms with Crippen LogP contribution in [0.4, 0.5) is 15.8 Å². The normalized spacial score (nSPS) is 12.5. The molecule has 33 heavy (non-hydrogen) atoms. The maximum Gasteiger partial charge on any atom is 0.265 e. The number of rotatable bonds is 8. The topological polar surface area (TPSA) is 77.1 Å². The standard InChI is InChI=1S/C25H23FN2O5/c1-31-20-8-10-21(11-9-20)32-14-2-13-28-22-15-19(7-12-23(22)33-16-24(28)29)27-25(30)17-3-5-18(26)6-4-17/h3-12,15H,2,13-14,16H2,1H3,(H,27,30). The number of benzene rings is 3. The van der Waals surface area contributed by atoms with Gasteiger partial charge in [0.1, 0.15) is 23.1 Å². The molecule has 7 nitrogen and oxygen atoms in total. The summed E-state index contributed by atoms with van der Waals surface area (Å²) < 4.78 is 29.5. The van der Waals surface area contributed by atoms with Crippen LogP contribution < -0.4 is 24.4 Å². The minimum absolute atomic E-state index is 0.0480. The molecule has 0 spiro atoms. The molecule has 2 amide bonds. The second kappa shape index (κ2) is 10.0. The number of nitrogens with zero attached hydrogens (tertiary/aromatic N) is 1. The highest BCUT2D eigenvalue weighted by atomic mass is 19.1. The van der Waals surface area contributed by atoms with E-state index in [-0.39, 0.29) is 18.4 Å². The van der Waals surface area contributed by atoms with Crippen LogP contribution in [0.1, 0.15) is 16.8 Å². The van der Waals surface area contributed by atoms with Gasteiger partial charge in [-0.3, -0.25) is 9.59 Å². The van der Waals surface area contributed by atoms with Crippen molar-refractivity contribution in [1.29, 1.82) is 0 Å². The molecule has 3 aromatic rings. The molecule has 1 N–H and O–H groups in total. The zero-order valence-corrected chi connectivity index (χ0v) is 18.0. The van der Waals surface area contributed by atoms with Gasteiger partial charge in [-0.2, -0.15) is 0 Å². The molecule has 170 valence electrons. The fourth-order valence-corrected chi connectivity index (χ4v) is 3.41. The van der Waals surface area contributed by atoms with E-state index >= 15 is 0 Å². The fraction of sp³-hybridized carbons (Fsp3) is 0.200. The van der Waals surface area contributed by atoms with Crippen molar-refractivity contribution in [3.63, 3.8) is 0 Å².